The van der Waals surface area contributed by atoms with Gasteiger partial charge in [0.1, 0.15) is 10.7 Å². The number of rotatable bonds is 6. The van der Waals surface area contributed by atoms with Crippen LogP contribution in [0.5, 0.6) is 0 Å². The third kappa shape index (κ3) is 4.69. The van der Waals surface area contributed by atoms with Gasteiger partial charge in [-0.25, -0.2) is 12.8 Å². The van der Waals surface area contributed by atoms with Crippen LogP contribution in [-0.4, -0.2) is 34.1 Å². The van der Waals surface area contributed by atoms with Crippen LogP contribution in [0.15, 0.2) is 21.5 Å². The molecule has 0 atom stereocenters. The minimum Gasteiger partial charge on any atom is -0.380 e. The van der Waals surface area contributed by atoms with Gasteiger partial charge in [0.15, 0.2) is 0 Å². The predicted molar refractivity (Wildman–Crippen MR) is 76.0 cm³/mol. The van der Waals surface area contributed by atoms with E-state index in [-0.39, 0.29) is 16.6 Å². The van der Waals surface area contributed by atoms with E-state index in [1.807, 2.05) is 6.92 Å². The van der Waals surface area contributed by atoms with Gasteiger partial charge in [0, 0.05) is 28.3 Å². The number of hydrogen-bond donors (Lipinski definition) is 1. The lowest BCUT2D eigenvalue weighted by Gasteiger charge is -2.09. The Morgan fingerprint density at radius 1 is 1.50 bits per heavy atom. The Balaban J connectivity index is 2.98. The number of nitrogens with one attached hydrogen (secondary N) is 1. The quantitative estimate of drug-likeness (QED) is 0.599. The molecule has 0 spiro atoms. The molecule has 0 aromatic heterocycles. The molecule has 1 rings (SSSR count). The van der Waals surface area contributed by atoms with Gasteiger partial charge >= 0.3 is 0 Å². The normalized spacial score (nSPS) is 11.4. The summed E-state index contributed by atoms with van der Waals surface area (Å²) in [6, 6.07) is 1.77. The van der Waals surface area contributed by atoms with Gasteiger partial charge in [-0.15, -0.1) is 0 Å². The summed E-state index contributed by atoms with van der Waals surface area (Å²) in [6.07, 6.45) is 0. The molecule has 20 heavy (non-hydrogen) atoms. The van der Waals surface area contributed by atoms with Gasteiger partial charge < -0.3 is 10.1 Å². The van der Waals surface area contributed by atoms with Gasteiger partial charge in [-0.1, -0.05) is 0 Å². The van der Waals surface area contributed by atoms with Gasteiger partial charge in [-0.3, -0.25) is 4.79 Å². The summed E-state index contributed by atoms with van der Waals surface area (Å²) in [7, 11) is 0.840. The van der Waals surface area contributed by atoms with Gasteiger partial charge in [-0.2, -0.15) is 0 Å². The van der Waals surface area contributed by atoms with Crippen LogP contribution in [0.2, 0.25) is 0 Å². The molecule has 0 saturated heterocycles. The van der Waals surface area contributed by atoms with Crippen molar-refractivity contribution in [3.63, 3.8) is 0 Å². The second kappa shape index (κ2) is 7.35. The molecule has 5 nitrogen and oxygen atoms in total. The van der Waals surface area contributed by atoms with Crippen LogP contribution in [-0.2, 0) is 13.8 Å². The molecule has 0 aliphatic rings. The van der Waals surface area contributed by atoms with Crippen LogP contribution in [0.3, 0.4) is 0 Å². The first-order chi connectivity index (χ1) is 9.27. The first kappa shape index (κ1) is 17.4. The van der Waals surface area contributed by atoms with E-state index in [1.54, 1.807) is 0 Å². The molecule has 1 aromatic carbocycles. The van der Waals surface area contributed by atoms with Crippen molar-refractivity contribution in [3.05, 3.63) is 28.0 Å². The second-order valence-electron chi connectivity index (χ2n) is 3.65. The Morgan fingerprint density at radius 3 is 2.70 bits per heavy atom. The predicted octanol–water partition coefficient (Wildman–Crippen LogP) is 2.28. The first-order valence-electron chi connectivity index (χ1n) is 5.57. The minimum absolute atomic E-state index is 0.0258. The average Bonchev–Trinajstić information content (AvgIpc) is 2.32. The van der Waals surface area contributed by atoms with Crippen molar-refractivity contribution in [1.82, 2.24) is 5.32 Å². The maximum atomic E-state index is 13.5. The van der Waals surface area contributed by atoms with Crippen molar-refractivity contribution >= 4 is 41.6 Å². The van der Waals surface area contributed by atoms with Crippen molar-refractivity contribution in [2.24, 2.45) is 0 Å². The van der Waals surface area contributed by atoms with Gasteiger partial charge in [-0.05, 0) is 35.0 Å². The molecular formula is C11H12BrClFNO4S. The van der Waals surface area contributed by atoms with Crippen LogP contribution in [0.4, 0.5) is 4.39 Å². The zero-order valence-electron chi connectivity index (χ0n) is 10.5. The Kier molecular flexibility index (Phi) is 6.38. The molecule has 0 unspecified atom stereocenters. The van der Waals surface area contributed by atoms with Crippen molar-refractivity contribution in [2.75, 3.05) is 19.8 Å². The lowest BCUT2D eigenvalue weighted by molar-refractivity contribution is 0.0921. The van der Waals surface area contributed by atoms with Crippen LogP contribution >= 0.6 is 26.6 Å². The van der Waals surface area contributed by atoms with Gasteiger partial charge in [0.2, 0.25) is 0 Å². The Morgan fingerprint density at radius 2 is 2.15 bits per heavy atom. The van der Waals surface area contributed by atoms with E-state index in [9.17, 15) is 17.6 Å². The molecule has 0 fully saturated rings. The molecule has 1 N–H and O–H groups in total. The standard InChI is InChI=1S/C11H12BrClFNO4S/c1-2-19-4-3-15-11(16)7-5-10(20(13,17)18)9(14)6-8(7)12/h5-6H,2-4H2,1H3,(H,15,16). The molecule has 0 aliphatic heterocycles. The monoisotopic (exact) mass is 387 g/mol. The first-order valence-corrected chi connectivity index (χ1v) is 8.67. The molecule has 0 aliphatic carbocycles. The molecule has 1 amide bonds. The van der Waals surface area contributed by atoms with Crippen molar-refractivity contribution in [2.45, 2.75) is 11.8 Å². The topological polar surface area (TPSA) is 72.5 Å². The molecule has 1 aromatic rings. The van der Waals surface area contributed by atoms with Gasteiger partial charge in [0.05, 0.1) is 12.2 Å². The number of amides is 1. The van der Waals surface area contributed by atoms with Crippen LogP contribution in [0.1, 0.15) is 17.3 Å². The van der Waals surface area contributed by atoms with Crippen molar-refractivity contribution < 1.29 is 22.3 Å². The van der Waals surface area contributed by atoms with E-state index in [0.717, 1.165) is 12.1 Å². The van der Waals surface area contributed by atoms with E-state index < -0.39 is 25.7 Å². The molecular weight excluding hydrogens is 377 g/mol. The fourth-order valence-corrected chi connectivity index (χ4v) is 2.77. The van der Waals surface area contributed by atoms with E-state index >= 15 is 0 Å². The van der Waals surface area contributed by atoms with Crippen LogP contribution in [0.25, 0.3) is 0 Å². The van der Waals surface area contributed by atoms with E-state index in [0.29, 0.717) is 13.2 Å². The summed E-state index contributed by atoms with van der Waals surface area (Å²) in [5, 5.41) is 2.52. The summed E-state index contributed by atoms with van der Waals surface area (Å²) in [4.78, 5) is 11.1. The summed E-state index contributed by atoms with van der Waals surface area (Å²) in [5.74, 6) is -1.59. The average molecular weight is 389 g/mol. The number of carbonyl (C=O) groups is 1. The van der Waals surface area contributed by atoms with Crippen LogP contribution in [0, 0.1) is 5.82 Å². The maximum absolute atomic E-state index is 13.5. The summed E-state index contributed by atoms with van der Waals surface area (Å²) in [5.41, 5.74) is -0.0258. The molecule has 9 heteroatoms. The smallest absolute Gasteiger partial charge is 0.264 e. The third-order valence-electron chi connectivity index (χ3n) is 2.26. The SMILES string of the molecule is CCOCCNC(=O)c1cc(S(=O)(=O)Cl)c(F)cc1Br. The third-order valence-corrected chi connectivity index (χ3v) is 4.26. The van der Waals surface area contributed by atoms with Crippen molar-refractivity contribution in [3.8, 4) is 0 Å². The summed E-state index contributed by atoms with van der Waals surface area (Å²) in [6.45, 7) is 2.90. The second-order valence-corrected chi connectivity index (χ2v) is 7.04. The number of halogens is 3. The number of hydrogen-bond acceptors (Lipinski definition) is 4. The summed E-state index contributed by atoms with van der Waals surface area (Å²) < 4.78 is 41.1. The fraction of sp³-hybridized carbons (Fsp3) is 0.364. The Labute approximate surface area is 129 Å². The number of benzene rings is 1. The molecule has 0 heterocycles. The zero-order chi connectivity index (χ0) is 15.3. The highest BCUT2D eigenvalue weighted by atomic mass is 79.9. The highest BCUT2D eigenvalue weighted by molar-refractivity contribution is 9.10. The molecule has 0 radical (unpaired) electrons. The molecule has 0 bridgehead atoms. The highest BCUT2D eigenvalue weighted by Crippen LogP contribution is 2.26. The molecule has 112 valence electrons. The minimum atomic E-state index is -4.26. The lowest BCUT2D eigenvalue weighted by Crippen LogP contribution is -2.27. The van der Waals surface area contributed by atoms with E-state index in [1.165, 1.54) is 0 Å². The molecule has 0 saturated carbocycles. The largest absolute Gasteiger partial charge is 0.380 e. The van der Waals surface area contributed by atoms with E-state index in [2.05, 4.69) is 21.2 Å². The summed E-state index contributed by atoms with van der Waals surface area (Å²) >= 11 is 3.00. The fourth-order valence-electron chi connectivity index (χ4n) is 1.37. The number of carbonyl (C=O) groups excluding carboxylic acids is 1. The Hall–Kier alpha value is -0.700. The lowest BCUT2D eigenvalue weighted by atomic mass is 10.2. The van der Waals surface area contributed by atoms with E-state index in [4.69, 9.17) is 15.4 Å². The Bertz CT molecular complexity index is 609. The van der Waals surface area contributed by atoms with Gasteiger partial charge in [0.25, 0.3) is 15.0 Å². The van der Waals surface area contributed by atoms with Crippen LogP contribution < -0.4 is 5.32 Å². The zero-order valence-corrected chi connectivity index (χ0v) is 13.6. The maximum Gasteiger partial charge on any atom is 0.264 e. The van der Waals surface area contributed by atoms with Crippen molar-refractivity contribution in [1.29, 1.82) is 0 Å². The number of ether oxygens (including phenoxy) is 1. The highest BCUT2D eigenvalue weighted by Gasteiger charge is 2.21.